The van der Waals surface area contributed by atoms with E-state index in [1.165, 1.54) is 16.4 Å². The minimum absolute atomic E-state index is 0.0168. The van der Waals surface area contributed by atoms with Crippen molar-refractivity contribution in [3.05, 3.63) is 60.2 Å². The molecule has 7 nitrogen and oxygen atoms in total. The van der Waals surface area contributed by atoms with Crippen LogP contribution >= 0.6 is 0 Å². The van der Waals surface area contributed by atoms with Crippen LogP contribution in [-0.2, 0) is 14.8 Å². The maximum Gasteiger partial charge on any atom is 0.244 e. The van der Waals surface area contributed by atoms with E-state index in [1.807, 2.05) is 31.3 Å². The number of piperidine rings is 1. The Hall–Kier alpha value is -2.89. The Bertz CT molecular complexity index is 1030. The van der Waals surface area contributed by atoms with E-state index in [9.17, 15) is 18.5 Å². The molecule has 0 radical (unpaired) electrons. The van der Waals surface area contributed by atoms with Crippen LogP contribution in [0.5, 0.6) is 0 Å². The summed E-state index contributed by atoms with van der Waals surface area (Å²) in [5.74, 6) is -0.207. The smallest absolute Gasteiger partial charge is 0.244 e. The molecule has 1 amide bonds. The largest absolute Gasteiger partial charge is 0.375 e. The van der Waals surface area contributed by atoms with E-state index in [2.05, 4.69) is 22.3 Å². The Morgan fingerprint density at radius 3 is 2.45 bits per heavy atom. The molecule has 0 aliphatic carbocycles. The SMILES string of the molecule is CN(CCCNC(=O)C1CCN(S(=O)(=O)c2ccccc2C#N)CC1)c1ccccc1. The summed E-state index contributed by atoms with van der Waals surface area (Å²) in [6.45, 7) is 1.97. The zero-order valence-corrected chi connectivity index (χ0v) is 18.5. The molecule has 2 aromatic carbocycles. The van der Waals surface area contributed by atoms with Gasteiger partial charge in [-0.25, -0.2) is 8.42 Å². The number of carbonyl (C=O) groups is 1. The highest BCUT2D eigenvalue weighted by molar-refractivity contribution is 7.89. The second-order valence-electron chi connectivity index (χ2n) is 7.69. The molecule has 2 aromatic rings. The lowest BCUT2D eigenvalue weighted by atomic mass is 9.97. The third-order valence-corrected chi connectivity index (χ3v) is 7.57. The number of sulfonamides is 1. The van der Waals surface area contributed by atoms with Crippen LogP contribution in [0.2, 0.25) is 0 Å². The molecule has 0 saturated carbocycles. The van der Waals surface area contributed by atoms with Crippen molar-refractivity contribution in [3.63, 3.8) is 0 Å². The van der Waals surface area contributed by atoms with Gasteiger partial charge in [-0.1, -0.05) is 30.3 Å². The van der Waals surface area contributed by atoms with E-state index in [1.54, 1.807) is 12.1 Å². The van der Waals surface area contributed by atoms with Crippen molar-refractivity contribution in [1.29, 1.82) is 5.26 Å². The van der Waals surface area contributed by atoms with Gasteiger partial charge in [-0.15, -0.1) is 0 Å². The molecule has 1 N–H and O–H groups in total. The minimum Gasteiger partial charge on any atom is -0.375 e. The zero-order chi connectivity index (χ0) is 22.3. The lowest BCUT2D eigenvalue weighted by Crippen LogP contribution is -2.43. The summed E-state index contributed by atoms with van der Waals surface area (Å²) in [5.41, 5.74) is 1.28. The van der Waals surface area contributed by atoms with E-state index < -0.39 is 10.0 Å². The van der Waals surface area contributed by atoms with Gasteiger partial charge in [-0.2, -0.15) is 9.57 Å². The molecule has 0 unspecified atom stereocenters. The van der Waals surface area contributed by atoms with Gasteiger partial charge >= 0.3 is 0 Å². The van der Waals surface area contributed by atoms with Gasteiger partial charge in [0.1, 0.15) is 6.07 Å². The van der Waals surface area contributed by atoms with E-state index in [0.29, 0.717) is 19.4 Å². The molecule has 1 heterocycles. The summed E-state index contributed by atoms with van der Waals surface area (Å²) in [6.07, 6.45) is 1.78. The molecule has 1 saturated heterocycles. The first kappa shape index (κ1) is 22.8. The van der Waals surface area contributed by atoms with Crippen molar-refractivity contribution in [2.24, 2.45) is 5.92 Å². The number of carbonyl (C=O) groups excluding carboxylic acids is 1. The second kappa shape index (κ2) is 10.4. The maximum absolute atomic E-state index is 12.9. The van der Waals surface area contributed by atoms with Crippen molar-refractivity contribution in [2.75, 3.05) is 38.1 Å². The Morgan fingerprint density at radius 2 is 1.77 bits per heavy atom. The summed E-state index contributed by atoms with van der Waals surface area (Å²) in [7, 11) is -1.71. The number of hydrogen-bond acceptors (Lipinski definition) is 5. The van der Waals surface area contributed by atoms with Gasteiger partial charge in [-0.3, -0.25) is 4.79 Å². The number of para-hydroxylation sites is 1. The van der Waals surface area contributed by atoms with Gasteiger partial charge in [0.2, 0.25) is 15.9 Å². The summed E-state index contributed by atoms with van der Waals surface area (Å²) in [4.78, 5) is 14.7. The number of nitrogens with one attached hydrogen (secondary N) is 1. The van der Waals surface area contributed by atoms with Crippen LogP contribution in [0.4, 0.5) is 5.69 Å². The molecule has 3 rings (SSSR count). The van der Waals surface area contributed by atoms with Gasteiger partial charge in [0.05, 0.1) is 10.5 Å². The number of rotatable bonds is 8. The molecule has 31 heavy (non-hydrogen) atoms. The lowest BCUT2D eigenvalue weighted by molar-refractivity contribution is -0.126. The van der Waals surface area contributed by atoms with Crippen molar-refractivity contribution < 1.29 is 13.2 Å². The lowest BCUT2D eigenvalue weighted by Gasteiger charge is -2.30. The summed E-state index contributed by atoms with van der Waals surface area (Å²) in [6, 6.07) is 18.2. The second-order valence-corrected chi connectivity index (χ2v) is 9.59. The quantitative estimate of drug-likeness (QED) is 0.637. The van der Waals surface area contributed by atoms with Crippen molar-refractivity contribution in [1.82, 2.24) is 9.62 Å². The molecule has 8 heteroatoms. The number of anilines is 1. The van der Waals surface area contributed by atoms with Crippen molar-refractivity contribution in [3.8, 4) is 6.07 Å². The minimum atomic E-state index is -3.74. The van der Waals surface area contributed by atoms with Crippen LogP contribution in [0.1, 0.15) is 24.8 Å². The first-order chi connectivity index (χ1) is 14.9. The predicted octanol–water partition coefficient (Wildman–Crippen LogP) is 2.60. The van der Waals surface area contributed by atoms with Gasteiger partial charge < -0.3 is 10.2 Å². The van der Waals surface area contributed by atoms with Crippen molar-refractivity contribution in [2.45, 2.75) is 24.2 Å². The average Bonchev–Trinajstić information content (AvgIpc) is 2.82. The number of hydrogen-bond donors (Lipinski definition) is 1. The van der Waals surface area contributed by atoms with Crippen LogP contribution in [0.25, 0.3) is 0 Å². The van der Waals surface area contributed by atoms with Crippen molar-refractivity contribution >= 4 is 21.6 Å². The molecule has 1 aliphatic heterocycles. The van der Waals surface area contributed by atoms with Crippen LogP contribution in [0.15, 0.2) is 59.5 Å². The topological polar surface area (TPSA) is 93.5 Å². The Kier molecular flexibility index (Phi) is 7.66. The third-order valence-electron chi connectivity index (χ3n) is 5.62. The van der Waals surface area contributed by atoms with Gasteiger partial charge in [0.15, 0.2) is 0 Å². The standard InChI is InChI=1S/C23H28N4O3S/c1-26(21-9-3-2-4-10-21)15-7-14-25-23(28)19-12-16-27(17-13-19)31(29,30)22-11-6-5-8-20(22)18-24/h2-6,8-11,19H,7,12-17H2,1H3,(H,25,28). The Labute approximate surface area is 184 Å². The fourth-order valence-electron chi connectivity index (χ4n) is 3.77. The maximum atomic E-state index is 12.9. The summed E-state index contributed by atoms with van der Waals surface area (Å²) in [5, 5.41) is 12.2. The molecule has 0 spiro atoms. The summed E-state index contributed by atoms with van der Waals surface area (Å²) < 4.78 is 27.2. The van der Waals surface area contributed by atoms with Crippen LogP contribution in [0.3, 0.4) is 0 Å². The number of benzene rings is 2. The number of nitrogens with zero attached hydrogens (tertiary/aromatic N) is 3. The molecule has 1 fully saturated rings. The third kappa shape index (κ3) is 5.63. The monoisotopic (exact) mass is 440 g/mol. The highest BCUT2D eigenvalue weighted by Crippen LogP contribution is 2.25. The Balaban J connectivity index is 1.45. The first-order valence-electron chi connectivity index (χ1n) is 10.5. The van der Waals surface area contributed by atoms with Crippen LogP contribution in [0, 0.1) is 17.2 Å². The van der Waals surface area contributed by atoms with Crippen LogP contribution in [-0.4, -0.2) is 51.9 Å². The normalized spacial score (nSPS) is 15.2. The van der Waals surface area contributed by atoms with E-state index in [-0.39, 0.29) is 35.4 Å². The molecule has 0 aromatic heterocycles. The molecule has 0 bridgehead atoms. The predicted molar refractivity (Wildman–Crippen MR) is 120 cm³/mol. The molecule has 1 aliphatic rings. The fourth-order valence-corrected chi connectivity index (χ4v) is 5.38. The Morgan fingerprint density at radius 1 is 1.13 bits per heavy atom. The van der Waals surface area contributed by atoms with Crippen LogP contribution < -0.4 is 10.2 Å². The summed E-state index contributed by atoms with van der Waals surface area (Å²) >= 11 is 0. The van der Waals surface area contributed by atoms with E-state index in [0.717, 1.165) is 18.7 Å². The van der Waals surface area contributed by atoms with Gasteiger partial charge in [0, 0.05) is 44.8 Å². The zero-order valence-electron chi connectivity index (χ0n) is 17.7. The molecule has 164 valence electrons. The highest BCUT2D eigenvalue weighted by Gasteiger charge is 2.33. The van der Waals surface area contributed by atoms with Gasteiger partial charge in [-0.05, 0) is 43.5 Å². The number of amides is 1. The first-order valence-corrected chi connectivity index (χ1v) is 11.9. The fraction of sp³-hybridized carbons (Fsp3) is 0.391. The molecular formula is C23H28N4O3S. The molecular weight excluding hydrogens is 412 g/mol. The van der Waals surface area contributed by atoms with E-state index >= 15 is 0 Å². The highest BCUT2D eigenvalue weighted by atomic mass is 32.2. The van der Waals surface area contributed by atoms with Gasteiger partial charge in [0.25, 0.3) is 0 Å². The molecule has 0 atom stereocenters. The van der Waals surface area contributed by atoms with E-state index in [4.69, 9.17) is 0 Å². The number of nitriles is 1. The average molecular weight is 441 g/mol.